The van der Waals surface area contributed by atoms with Crippen LogP contribution in [-0.2, 0) is 9.53 Å². The molecule has 0 bridgehead atoms. The van der Waals surface area contributed by atoms with Crippen LogP contribution in [0.25, 0.3) is 11.8 Å². The number of phenols is 1. The molecule has 6 rings (SSSR count). The van der Waals surface area contributed by atoms with Crippen LogP contribution in [0.3, 0.4) is 0 Å². The summed E-state index contributed by atoms with van der Waals surface area (Å²) in [4.78, 5) is 32.8. The first-order valence-corrected chi connectivity index (χ1v) is 13.3. The van der Waals surface area contributed by atoms with E-state index in [1.807, 2.05) is 36.4 Å². The third kappa shape index (κ3) is 4.42. The summed E-state index contributed by atoms with van der Waals surface area (Å²) in [7, 11) is 1.47. The number of esters is 1. The maximum Gasteiger partial charge on any atom is 0.338 e. The van der Waals surface area contributed by atoms with Crippen molar-refractivity contribution in [2.45, 2.75) is 13.0 Å². The molecule has 202 valence electrons. The molecular weight excluding hydrogens is 532 g/mol. The zero-order chi connectivity index (χ0) is 27.8. The second-order valence-electron chi connectivity index (χ2n) is 8.98. The van der Waals surface area contributed by atoms with Gasteiger partial charge in [-0.15, -0.1) is 0 Å². The number of nitrogens with zero attached hydrogens (tertiary/aromatic N) is 2. The first-order valence-electron chi connectivity index (χ1n) is 12.5. The van der Waals surface area contributed by atoms with E-state index in [4.69, 9.17) is 23.9 Å². The van der Waals surface area contributed by atoms with Gasteiger partial charge in [0, 0.05) is 5.56 Å². The number of rotatable bonds is 6. The van der Waals surface area contributed by atoms with Crippen LogP contribution in [0, 0.1) is 0 Å². The largest absolute Gasteiger partial charge is 0.504 e. The van der Waals surface area contributed by atoms with Crippen LogP contribution in [0.4, 0.5) is 0 Å². The van der Waals surface area contributed by atoms with Gasteiger partial charge in [-0.3, -0.25) is 9.36 Å². The van der Waals surface area contributed by atoms with Crippen molar-refractivity contribution >= 4 is 29.1 Å². The molecule has 0 spiro atoms. The zero-order valence-electron chi connectivity index (χ0n) is 21.6. The molecule has 2 aliphatic rings. The van der Waals surface area contributed by atoms with Gasteiger partial charge in [0.05, 0.1) is 35.6 Å². The fraction of sp³-hybridized carbons (Fsp3) is 0.167. The Morgan fingerprint density at radius 2 is 1.93 bits per heavy atom. The van der Waals surface area contributed by atoms with Crippen LogP contribution in [0.2, 0.25) is 0 Å². The molecule has 40 heavy (non-hydrogen) atoms. The number of methoxy groups -OCH3 is 1. The summed E-state index contributed by atoms with van der Waals surface area (Å²) >= 11 is 1.20. The third-order valence-corrected chi connectivity index (χ3v) is 7.57. The van der Waals surface area contributed by atoms with Gasteiger partial charge in [0.15, 0.2) is 27.8 Å². The van der Waals surface area contributed by atoms with Crippen LogP contribution >= 0.6 is 11.3 Å². The Hall–Kier alpha value is -4.83. The SMILES string of the molecule is CCOC(=O)C1=C(c2ccccc2)N=c2sc(=Cc3ccc(OC)c(O)c3)c(=O)n2[C@@H]1c1ccc2c(c1)OCO2. The maximum atomic E-state index is 14.0. The van der Waals surface area contributed by atoms with Crippen LogP contribution in [0.1, 0.15) is 29.7 Å². The van der Waals surface area contributed by atoms with Crippen molar-refractivity contribution in [1.29, 1.82) is 0 Å². The van der Waals surface area contributed by atoms with Crippen molar-refractivity contribution in [3.8, 4) is 23.0 Å². The van der Waals surface area contributed by atoms with Gasteiger partial charge >= 0.3 is 5.97 Å². The van der Waals surface area contributed by atoms with E-state index in [9.17, 15) is 14.7 Å². The monoisotopic (exact) mass is 556 g/mol. The Morgan fingerprint density at radius 1 is 1.12 bits per heavy atom. The topological polar surface area (TPSA) is 109 Å². The summed E-state index contributed by atoms with van der Waals surface area (Å²) in [6.45, 7) is 1.98. The van der Waals surface area contributed by atoms with Crippen molar-refractivity contribution < 1.29 is 28.8 Å². The van der Waals surface area contributed by atoms with Crippen LogP contribution < -0.4 is 29.1 Å². The van der Waals surface area contributed by atoms with Crippen molar-refractivity contribution in [2.75, 3.05) is 20.5 Å². The van der Waals surface area contributed by atoms with Gasteiger partial charge in [0.2, 0.25) is 6.79 Å². The summed E-state index contributed by atoms with van der Waals surface area (Å²) in [5.74, 6) is 0.823. The molecule has 0 unspecified atom stereocenters. The smallest absolute Gasteiger partial charge is 0.338 e. The second-order valence-corrected chi connectivity index (χ2v) is 9.98. The molecule has 3 aromatic carbocycles. The quantitative estimate of drug-likeness (QED) is 0.363. The molecule has 0 saturated heterocycles. The molecule has 1 N–H and O–H groups in total. The van der Waals surface area contributed by atoms with Gasteiger partial charge in [-0.05, 0) is 48.4 Å². The summed E-state index contributed by atoms with van der Waals surface area (Å²) in [6, 6.07) is 18.7. The normalized spacial score (nSPS) is 15.9. The molecule has 0 saturated carbocycles. The van der Waals surface area contributed by atoms with E-state index in [-0.39, 0.29) is 30.3 Å². The highest BCUT2D eigenvalue weighted by Gasteiger charge is 2.36. The summed E-state index contributed by atoms with van der Waals surface area (Å²) in [6.07, 6.45) is 1.68. The zero-order valence-corrected chi connectivity index (χ0v) is 22.4. The summed E-state index contributed by atoms with van der Waals surface area (Å²) < 4.78 is 23.6. The van der Waals surface area contributed by atoms with E-state index in [1.54, 1.807) is 37.3 Å². The first-order chi connectivity index (χ1) is 19.5. The van der Waals surface area contributed by atoms with Crippen molar-refractivity contribution in [1.82, 2.24) is 4.57 Å². The van der Waals surface area contributed by atoms with E-state index in [1.165, 1.54) is 29.1 Å². The van der Waals surface area contributed by atoms with E-state index in [2.05, 4.69) is 0 Å². The highest BCUT2D eigenvalue weighted by atomic mass is 32.1. The molecule has 4 aromatic rings. The highest BCUT2D eigenvalue weighted by Crippen LogP contribution is 2.40. The number of hydrogen-bond donors (Lipinski definition) is 1. The number of thiazole rings is 1. The standard InChI is InChI=1S/C30H24N2O7S/c1-3-37-29(35)25-26(18-7-5-4-6-8-18)31-30-32(27(25)19-10-12-22-23(15-19)39-16-38-22)28(34)24(40-30)14-17-9-11-21(36-2)20(33)13-17/h4-15,27,33H,3,16H2,1-2H3/t27-/m1/s1. The van der Waals surface area contributed by atoms with Gasteiger partial charge in [0.25, 0.3) is 5.56 Å². The maximum absolute atomic E-state index is 14.0. The summed E-state index contributed by atoms with van der Waals surface area (Å²) in [5, 5.41) is 10.3. The molecule has 10 heteroatoms. The second kappa shape index (κ2) is 10.4. The number of aromatic nitrogens is 1. The Balaban J connectivity index is 1.62. The molecule has 1 aromatic heterocycles. The van der Waals surface area contributed by atoms with Gasteiger partial charge in [-0.1, -0.05) is 53.8 Å². The number of phenolic OH excluding ortho intramolecular Hbond substituents is 1. The minimum Gasteiger partial charge on any atom is -0.504 e. The van der Waals surface area contributed by atoms with E-state index in [0.29, 0.717) is 49.0 Å². The number of carbonyl (C=O) groups is 1. The molecule has 3 heterocycles. The number of hydrogen-bond acceptors (Lipinski definition) is 9. The Labute approximate surface area is 232 Å². The Bertz CT molecular complexity index is 1840. The molecule has 0 radical (unpaired) electrons. The lowest BCUT2D eigenvalue weighted by atomic mass is 9.93. The molecule has 9 nitrogen and oxygen atoms in total. The molecule has 2 aliphatic heterocycles. The van der Waals surface area contributed by atoms with E-state index >= 15 is 0 Å². The van der Waals surface area contributed by atoms with Crippen LogP contribution in [0.15, 0.2) is 82.1 Å². The van der Waals surface area contributed by atoms with Gasteiger partial charge in [0.1, 0.15) is 0 Å². The third-order valence-electron chi connectivity index (χ3n) is 6.59. The fourth-order valence-corrected chi connectivity index (χ4v) is 5.79. The average Bonchev–Trinajstić information content (AvgIpc) is 3.56. The van der Waals surface area contributed by atoms with E-state index in [0.717, 1.165) is 0 Å². The fourth-order valence-electron chi connectivity index (χ4n) is 4.79. The minimum atomic E-state index is -0.841. The number of carbonyl (C=O) groups excluding carboxylic acids is 1. The Kier molecular flexibility index (Phi) is 6.61. The lowest BCUT2D eigenvalue weighted by Gasteiger charge is -2.26. The number of benzene rings is 3. The van der Waals surface area contributed by atoms with Gasteiger partial charge in [-0.2, -0.15) is 0 Å². The highest BCUT2D eigenvalue weighted by molar-refractivity contribution is 7.07. The van der Waals surface area contributed by atoms with E-state index < -0.39 is 12.0 Å². The lowest BCUT2D eigenvalue weighted by Crippen LogP contribution is -2.40. The Morgan fingerprint density at radius 3 is 2.67 bits per heavy atom. The van der Waals surface area contributed by atoms with Crippen molar-refractivity contribution in [2.24, 2.45) is 4.99 Å². The molecule has 0 amide bonds. The predicted octanol–water partition coefficient (Wildman–Crippen LogP) is 3.38. The van der Waals surface area contributed by atoms with Gasteiger partial charge < -0.3 is 24.1 Å². The molecule has 0 aliphatic carbocycles. The summed E-state index contributed by atoms with van der Waals surface area (Å²) in [5.41, 5.74) is 2.30. The molecule has 0 fully saturated rings. The number of fused-ring (bicyclic) bond motifs is 2. The minimum absolute atomic E-state index is 0.0433. The molecular formula is C30H24N2O7S. The first kappa shape index (κ1) is 25.4. The van der Waals surface area contributed by atoms with Crippen LogP contribution in [-0.4, -0.2) is 36.2 Å². The van der Waals surface area contributed by atoms with Crippen molar-refractivity contribution in [3.05, 3.63) is 109 Å². The lowest BCUT2D eigenvalue weighted by molar-refractivity contribution is -0.138. The average molecular weight is 557 g/mol. The number of aromatic hydroxyl groups is 1. The predicted molar refractivity (Wildman–Crippen MR) is 148 cm³/mol. The number of ether oxygens (including phenoxy) is 4. The van der Waals surface area contributed by atoms with Crippen LogP contribution in [0.5, 0.6) is 23.0 Å². The van der Waals surface area contributed by atoms with Gasteiger partial charge in [-0.25, -0.2) is 9.79 Å². The van der Waals surface area contributed by atoms with Crippen molar-refractivity contribution in [3.63, 3.8) is 0 Å². The molecule has 1 atom stereocenters.